The Balaban J connectivity index is 2.54. The SMILES string of the molecule is CNCCc1ccccc1CN(C)CCC(C)C. The highest BCUT2D eigenvalue weighted by Gasteiger charge is 2.05. The van der Waals surface area contributed by atoms with Gasteiger partial charge in [-0.2, -0.15) is 0 Å². The van der Waals surface area contributed by atoms with Crippen LogP contribution in [-0.4, -0.2) is 32.1 Å². The molecule has 0 fully saturated rings. The molecule has 0 saturated carbocycles. The molecule has 0 saturated heterocycles. The van der Waals surface area contributed by atoms with Gasteiger partial charge in [0.1, 0.15) is 0 Å². The Morgan fingerprint density at radius 3 is 2.44 bits per heavy atom. The standard InChI is InChI=1S/C16H28N2/c1-14(2)10-12-18(4)13-16-8-6-5-7-15(16)9-11-17-3/h5-8,14,17H,9-13H2,1-4H3. The third kappa shape index (κ3) is 5.65. The summed E-state index contributed by atoms with van der Waals surface area (Å²) >= 11 is 0. The van der Waals surface area contributed by atoms with Crippen molar-refractivity contribution in [1.29, 1.82) is 0 Å². The summed E-state index contributed by atoms with van der Waals surface area (Å²) in [6, 6.07) is 8.80. The average Bonchev–Trinajstić information content (AvgIpc) is 2.35. The Kier molecular flexibility index (Phi) is 6.99. The van der Waals surface area contributed by atoms with Crippen molar-refractivity contribution < 1.29 is 0 Å². The second-order valence-corrected chi connectivity index (χ2v) is 5.54. The topological polar surface area (TPSA) is 15.3 Å². The van der Waals surface area contributed by atoms with Crippen molar-refractivity contribution >= 4 is 0 Å². The summed E-state index contributed by atoms with van der Waals surface area (Å²) in [5, 5.41) is 3.22. The number of likely N-dealkylation sites (N-methyl/N-ethyl adjacent to an activating group) is 1. The van der Waals surface area contributed by atoms with Crippen molar-refractivity contribution in [3.05, 3.63) is 35.4 Å². The highest BCUT2D eigenvalue weighted by Crippen LogP contribution is 2.12. The lowest BCUT2D eigenvalue weighted by Crippen LogP contribution is -2.21. The fourth-order valence-corrected chi connectivity index (χ4v) is 2.06. The first-order valence-electron chi connectivity index (χ1n) is 7.03. The van der Waals surface area contributed by atoms with Gasteiger partial charge in [0.25, 0.3) is 0 Å². The Labute approximate surface area is 112 Å². The maximum absolute atomic E-state index is 3.22. The van der Waals surface area contributed by atoms with Crippen molar-refractivity contribution in [3.8, 4) is 0 Å². The van der Waals surface area contributed by atoms with E-state index in [4.69, 9.17) is 0 Å². The lowest BCUT2D eigenvalue weighted by atomic mass is 10.0. The van der Waals surface area contributed by atoms with Gasteiger partial charge < -0.3 is 10.2 Å². The van der Waals surface area contributed by atoms with Gasteiger partial charge in [-0.05, 0) is 57.1 Å². The van der Waals surface area contributed by atoms with Gasteiger partial charge in [0, 0.05) is 6.54 Å². The predicted molar refractivity (Wildman–Crippen MR) is 79.9 cm³/mol. The zero-order valence-corrected chi connectivity index (χ0v) is 12.4. The minimum Gasteiger partial charge on any atom is -0.319 e. The van der Waals surface area contributed by atoms with E-state index in [1.165, 1.54) is 24.1 Å². The van der Waals surface area contributed by atoms with Crippen molar-refractivity contribution in [2.45, 2.75) is 33.2 Å². The highest BCUT2D eigenvalue weighted by atomic mass is 15.1. The molecule has 1 rings (SSSR count). The molecule has 0 aliphatic rings. The fraction of sp³-hybridized carbons (Fsp3) is 0.625. The predicted octanol–water partition coefficient (Wildman–Crippen LogP) is 2.93. The summed E-state index contributed by atoms with van der Waals surface area (Å²) in [6.07, 6.45) is 2.39. The largest absolute Gasteiger partial charge is 0.319 e. The molecule has 0 unspecified atom stereocenters. The summed E-state index contributed by atoms with van der Waals surface area (Å²) in [6.45, 7) is 7.86. The number of nitrogens with one attached hydrogen (secondary N) is 1. The zero-order chi connectivity index (χ0) is 13.4. The van der Waals surface area contributed by atoms with Gasteiger partial charge in [-0.15, -0.1) is 0 Å². The van der Waals surface area contributed by atoms with Crippen LogP contribution in [0.15, 0.2) is 24.3 Å². The third-order valence-corrected chi connectivity index (χ3v) is 3.29. The summed E-state index contributed by atoms with van der Waals surface area (Å²) in [5.74, 6) is 0.784. The van der Waals surface area contributed by atoms with E-state index < -0.39 is 0 Å². The quantitative estimate of drug-likeness (QED) is 0.761. The van der Waals surface area contributed by atoms with Crippen LogP contribution in [0, 0.1) is 5.92 Å². The molecule has 0 spiro atoms. The lowest BCUT2D eigenvalue weighted by molar-refractivity contribution is 0.302. The lowest BCUT2D eigenvalue weighted by Gasteiger charge is -2.19. The second-order valence-electron chi connectivity index (χ2n) is 5.54. The normalized spacial score (nSPS) is 11.4. The summed E-state index contributed by atoms with van der Waals surface area (Å²) < 4.78 is 0. The van der Waals surface area contributed by atoms with Crippen molar-refractivity contribution in [3.63, 3.8) is 0 Å². The van der Waals surface area contributed by atoms with Crippen LogP contribution < -0.4 is 5.32 Å². The van der Waals surface area contributed by atoms with Gasteiger partial charge in [-0.3, -0.25) is 0 Å². The number of nitrogens with zero attached hydrogens (tertiary/aromatic N) is 1. The van der Waals surface area contributed by atoms with Crippen molar-refractivity contribution in [2.75, 3.05) is 27.2 Å². The first-order valence-corrected chi connectivity index (χ1v) is 7.03. The van der Waals surface area contributed by atoms with E-state index >= 15 is 0 Å². The van der Waals surface area contributed by atoms with E-state index in [-0.39, 0.29) is 0 Å². The molecular weight excluding hydrogens is 220 g/mol. The van der Waals surface area contributed by atoms with Crippen LogP contribution in [0.4, 0.5) is 0 Å². The zero-order valence-electron chi connectivity index (χ0n) is 12.4. The van der Waals surface area contributed by atoms with E-state index in [0.717, 1.165) is 25.4 Å². The minimum atomic E-state index is 0.784. The van der Waals surface area contributed by atoms with Crippen molar-refractivity contribution in [2.24, 2.45) is 5.92 Å². The molecule has 18 heavy (non-hydrogen) atoms. The molecule has 0 bridgehead atoms. The van der Waals surface area contributed by atoms with Crippen LogP contribution in [0.3, 0.4) is 0 Å². The van der Waals surface area contributed by atoms with Crippen LogP contribution in [0.2, 0.25) is 0 Å². The monoisotopic (exact) mass is 248 g/mol. The third-order valence-electron chi connectivity index (χ3n) is 3.29. The number of benzene rings is 1. The Hall–Kier alpha value is -0.860. The summed E-state index contributed by atoms with van der Waals surface area (Å²) in [7, 11) is 4.23. The molecule has 0 amide bonds. The van der Waals surface area contributed by atoms with Gasteiger partial charge in [-0.1, -0.05) is 38.1 Å². The van der Waals surface area contributed by atoms with Crippen LogP contribution in [0.1, 0.15) is 31.4 Å². The van der Waals surface area contributed by atoms with E-state index in [9.17, 15) is 0 Å². The first-order chi connectivity index (χ1) is 8.63. The fourth-order valence-electron chi connectivity index (χ4n) is 2.06. The minimum absolute atomic E-state index is 0.784. The molecule has 0 aromatic heterocycles. The molecule has 0 radical (unpaired) electrons. The number of hydrogen-bond donors (Lipinski definition) is 1. The van der Waals surface area contributed by atoms with Crippen LogP contribution >= 0.6 is 0 Å². The molecule has 102 valence electrons. The molecule has 1 aromatic carbocycles. The van der Waals surface area contributed by atoms with E-state index in [0.29, 0.717) is 0 Å². The smallest absolute Gasteiger partial charge is 0.0233 e. The molecule has 0 atom stereocenters. The Morgan fingerprint density at radius 2 is 1.83 bits per heavy atom. The molecule has 1 aromatic rings. The number of rotatable bonds is 8. The maximum atomic E-state index is 3.22. The molecule has 2 heteroatoms. The van der Waals surface area contributed by atoms with E-state index in [1.54, 1.807) is 0 Å². The highest BCUT2D eigenvalue weighted by molar-refractivity contribution is 5.27. The molecule has 1 N–H and O–H groups in total. The van der Waals surface area contributed by atoms with Gasteiger partial charge in [-0.25, -0.2) is 0 Å². The molecule has 0 aliphatic heterocycles. The van der Waals surface area contributed by atoms with Gasteiger partial charge >= 0.3 is 0 Å². The average molecular weight is 248 g/mol. The van der Waals surface area contributed by atoms with E-state index in [2.05, 4.69) is 55.4 Å². The number of hydrogen-bond acceptors (Lipinski definition) is 2. The van der Waals surface area contributed by atoms with E-state index in [1.807, 2.05) is 7.05 Å². The summed E-state index contributed by atoms with van der Waals surface area (Å²) in [5.41, 5.74) is 2.95. The van der Waals surface area contributed by atoms with Gasteiger partial charge in [0.15, 0.2) is 0 Å². The Bertz CT molecular complexity index is 334. The van der Waals surface area contributed by atoms with Crippen molar-refractivity contribution in [1.82, 2.24) is 10.2 Å². The van der Waals surface area contributed by atoms with Crippen LogP contribution in [0.25, 0.3) is 0 Å². The maximum Gasteiger partial charge on any atom is 0.0233 e. The Morgan fingerprint density at radius 1 is 1.17 bits per heavy atom. The molecule has 2 nitrogen and oxygen atoms in total. The first kappa shape index (κ1) is 15.2. The molecule has 0 heterocycles. The second kappa shape index (κ2) is 8.28. The molecular formula is C16H28N2. The van der Waals surface area contributed by atoms with Gasteiger partial charge in [0.05, 0.1) is 0 Å². The van der Waals surface area contributed by atoms with Crippen LogP contribution in [-0.2, 0) is 13.0 Å². The van der Waals surface area contributed by atoms with Crippen LogP contribution in [0.5, 0.6) is 0 Å². The molecule has 0 aliphatic carbocycles. The summed E-state index contributed by atoms with van der Waals surface area (Å²) in [4.78, 5) is 2.43. The van der Waals surface area contributed by atoms with Gasteiger partial charge in [0.2, 0.25) is 0 Å².